The third-order valence-corrected chi connectivity index (χ3v) is 4.32. The summed E-state index contributed by atoms with van der Waals surface area (Å²) in [6.07, 6.45) is -5.12. The number of halogens is 3. The Labute approximate surface area is 119 Å². The van der Waals surface area contributed by atoms with Gasteiger partial charge in [-0.1, -0.05) is 0 Å². The van der Waals surface area contributed by atoms with Crippen LogP contribution in [0.5, 0.6) is 0 Å². The average molecular weight is 326 g/mol. The molecule has 2 aliphatic rings. The molecule has 2 amide bonds. The quantitative estimate of drug-likeness (QED) is 0.591. The second kappa shape index (κ2) is 5.22. The second-order valence-corrected chi connectivity index (χ2v) is 5.38. The molecule has 0 aromatic rings. The van der Waals surface area contributed by atoms with E-state index >= 15 is 0 Å². The standard InChI is InChI=1S/C10H9F3N2O5S/c11-10(12,13)9(20)14-4-6(17)15-5(8(18)19)3(1-16)2-21-7(4)15/h4,7,16H,1-2H2,(H,14,20)(H,18,19)/t4-,7-/m1/s1. The van der Waals surface area contributed by atoms with Gasteiger partial charge in [0.15, 0.2) is 0 Å². The molecule has 0 saturated carbocycles. The molecule has 0 aromatic carbocycles. The minimum atomic E-state index is -5.12. The van der Waals surface area contributed by atoms with E-state index in [0.29, 0.717) is 0 Å². The maximum atomic E-state index is 12.2. The van der Waals surface area contributed by atoms with E-state index in [9.17, 15) is 27.6 Å². The number of carboxylic acids is 1. The van der Waals surface area contributed by atoms with Crippen molar-refractivity contribution in [2.24, 2.45) is 0 Å². The zero-order valence-corrected chi connectivity index (χ0v) is 11.0. The number of thioether (sulfide) groups is 1. The highest BCUT2D eigenvalue weighted by atomic mass is 32.2. The number of hydrogen-bond donors (Lipinski definition) is 3. The Morgan fingerprint density at radius 1 is 1.43 bits per heavy atom. The van der Waals surface area contributed by atoms with Gasteiger partial charge in [-0.25, -0.2) is 4.79 Å². The number of carbonyl (C=O) groups is 3. The van der Waals surface area contributed by atoms with Crippen LogP contribution in [0.1, 0.15) is 0 Å². The molecule has 0 spiro atoms. The summed E-state index contributed by atoms with van der Waals surface area (Å²) in [6.45, 7) is -0.579. The summed E-state index contributed by atoms with van der Waals surface area (Å²) in [6, 6.07) is -1.43. The van der Waals surface area contributed by atoms with Crippen molar-refractivity contribution in [3.63, 3.8) is 0 Å². The first-order valence-electron chi connectivity index (χ1n) is 5.57. The van der Waals surface area contributed by atoms with Gasteiger partial charge in [-0.3, -0.25) is 14.5 Å². The molecule has 11 heteroatoms. The topological polar surface area (TPSA) is 107 Å². The Morgan fingerprint density at radius 3 is 2.52 bits per heavy atom. The molecule has 21 heavy (non-hydrogen) atoms. The molecule has 0 bridgehead atoms. The maximum Gasteiger partial charge on any atom is 0.471 e. The van der Waals surface area contributed by atoms with Crippen molar-refractivity contribution in [1.29, 1.82) is 0 Å². The summed E-state index contributed by atoms with van der Waals surface area (Å²) in [4.78, 5) is 34.5. The van der Waals surface area contributed by atoms with Gasteiger partial charge in [0.05, 0.1) is 6.61 Å². The molecule has 2 heterocycles. The Balaban J connectivity index is 2.19. The number of aliphatic hydroxyl groups excluding tert-OH is 1. The van der Waals surface area contributed by atoms with Crippen molar-refractivity contribution >= 4 is 29.5 Å². The van der Waals surface area contributed by atoms with Crippen LogP contribution in [-0.4, -0.2) is 62.8 Å². The van der Waals surface area contributed by atoms with E-state index in [1.807, 2.05) is 0 Å². The molecular weight excluding hydrogens is 317 g/mol. The number of rotatable bonds is 3. The van der Waals surface area contributed by atoms with E-state index in [1.165, 1.54) is 0 Å². The van der Waals surface area contributed by atoms with Gasteiger partial charge in [0.1, 0.15) is 17.1 Å². The average Bonchev–Trinajstić information content (AvgIpc) is 2.41. The number of nitrogens with zero attached hydrogens (tertiary/aromatic N) is 1. The molecule has 0 radical (unpaired) electrons. The summed E-state index contributed by atoms with van der Waals surface area (Å²) in [7, 11) is 0. The summed E-state index contributed by atoms with van der Waals surface area (Å²) in [5.74, 6) is -4.62. The van der Waals surface area contributed by atoms with Gasteiger partial charge in [0, 0.05) is 5.75 Å². The van der Waals surface area contributed by atoms with Crippen LogP contribution in [0.15, 0.2) is 11.3 Å². The van der Waals surface area contributed by atoms with Gasteiger partial charge in [-0.15, -0.1) is 11.8 Å². The van der Waals surface area contributed by atoms with E-state index in [-0.39, 0.29) is 11.3 Å². The fraction of sp³-hybridized carbons (Fsp3) is 0.500. The summed E-state index contributed by atoms with van der Waals surface area (Å²) in [5, 5.41) is 18.7. The van der Waals surface area contributed by atoms with Crippen LogP contribution in [0, 0.1) is 0 Å². The van der Waals surface area contributed by atoms with Gasteiger partial charge < -0.3 is 15.5 Å². The number of amides is 2. The number of carbonyl (C=O) groups excluding carboxylic acids is 2. The smallest absolute Gasteiger partial charge is 0.471 e. The predicted octanol–water partition coefficient (Wildman–Crippen LogP) is -0.720. The molecule has 2 aliphatic heterocycles. The monoisotopic (exact) mass is 326 g/mol. The van der Waals surface area contributed by atoms with Gasteiger partial charge in [0.25, 0.3) is 5.91 Å². The van der Waals surface area contributed by atoms with Crippen molar-refractivity contribution in [2.45, 2.75) is 17.6 Å². The highest BCUT2D eigenvalue weighted by Gasteiger charge is 2.55. The zero-order valence-electron chi connectivity index (χ0n) is 10.2. The summed E-state index contributed by atoms with van der Waals surface area (Å²) >= 11 is 0.973. The first-order valence-corrected chi connectivity index (χ1v) is 6.62. The van der Waals surface area contributed by atoms with Crippen molar-refractivity contribution < 1.29 is 37.8 Å². The fourth-order valence-electron chi connectivity index (χ4n) is 2.03. The third-order valence-electron chi connectivity index (χ3n) is 2.98. The van der Waals surface area contributed by atoms with Crippen LogP contribution in [0.3, 0.4) is 0 Å². The molecule has 0 aliphatic carbocycles. The maximum absolute atomic E-state index is 12.2. The lowest BCUT2D eigenvalue weighted by Gasteiger charge is -2.49. The van der Waals surface area contributed by atoms with Gasteiger partial charge in [0.2, 0.25) is 0 Å². The molecule has 0 unspecified atom stereocenters. The molecule has 0 aromatic heterocycles. The van der Waals surface area contributed by atoms with E-state index in [1.54, 1.807) is 5.32 Å². The molecular formula is C10H9F3N2O5S. The van der Waals surface area contributed by atoms with E-state index < -0.39 is 47.7 Å². The van der Waals surface area contributed by atoms with Crippen molar-refractivity contribution in [2.75, 3.05) is 12.4 Å². The first-order chi connectivity index (χ1) is 9.68. The molecule has 7 nitrogen and oxygen atoms in total. The molecule has 116 valence electrons. The number of aliphatic carboxylic acids is 1. The zero-order chi connectivity index (χ0) is 15.9. The fourth-order valence-corrected chi connectivity index (χ4v) is 3.36. The number of alkyl halides is 3. The van der Waals surface area contributed by atoms with Crippen molar-refractivity contribution in [3.8, 4) is 0 Å². The molecule has 2 atom stereocenters. The van der Waals surface area contributed by atoms with Gasteiger partial charge in [-0.2, -0.15) is 13.2 Å². The molecule has 1 fully saturated rings. The number of β-lactam (4-membered cyclic amide) rings is 1. The first kappa shape index (κ1) is 15.6. The normalized spacial score (nSPS) is 25.3. The lowest BCUT2D eigenvalue weighted by molar-refractivity contribution is -0.177. The lowest BCUT2D eigenvalue weighted by Crippen LogP contribution is -2.71. The Morgan fingerprint density at radius 2 is 2.05 bits per heavy atom. The van der Waals surface area contributed by atoms with E-state index in [2.05, 4.69) is 0 Å². The third kappa shape index (κ3) is 2.58. The summed E-state index contributed by atoms with van der Waals surface area (Å²) < 4.78 is 36.5. The Bertz CT molecular complexity index is 547. The predicted molar refractivity (Wildman–Crippen MR) is 62.8 cm³/mol. The Kier molecular flexibility index (Phi) is 3.89. The van der Waals surface area contributed by atoms with Crippen LogP contribution in [0.25, 0.3) is 0 Å². The number of aliphatic hydroxyl groups is 1. The lowest BCUT2D eigenvalue weighted by atomic mass is 10.0. The van der Waals surface area contributed by atoms with Crippen LogP contribution in [0.2, 0.25) is 0 Å². The minimum Gasteiger partial charge on any atom is -0.477 e. The van der Waals surface area contributed by atoms with Gasteiger partial charge >= 0.3 is 18.1 Å². The van der Waals surface area contributed by atoms with Crippen LogP contribution in [-0.2, 0) is 14.4 Å². The van der Waals surface area contributed by atoms with Gasteiger partial charge in [-0.05, 0) is 5.57 Å². The molecule has 3 N–H and O–H groups in total. The van der Waals surface area contributed by atoms with E-state index in [0.717, 1.165) is 16.7 Å². The number of carboxylic acid groups (broad SMARTS) is 1. The number of fused-ring (bicyclic) bond motifs is 1. The van der Waals surface area contributed by atoms with Crippen molar-refractivity contribution in [1.82, 2.24) is 10.2 Å². The largest absolute Gasteiger partial charge is 0.477 e. The highest BCUT2D eigenvalue weighted by Crippen LogP contribution is 2.40. The molecule has 2 rings (SSSR count). The second-order valence-electron chi connectivity index (χ2n) is 4.27. The Hall–Kier alpha value is -1.75. The number of hydrogen-bond acceptors (Lipinski definition) is 5. The minimum absolute atomic E-state index is 0.0466. The van der Waals surface area contributed by atoms with Crippen molar-refractivity contribution in [3.05, 3.63) is 11.3 Å². The number of nitrogens with one attached hydrogen (secondary N) is 1. The van der Waals surface area contributed by atoms with Crippen LogP contribution >= 0.6 is 11.8 Å². The SMILES string of the molecule is O=C(O)C1=C(CO)CS[C@@H]2[C@H](NC(=O)C(F)(F)F)C(=O)N12. The van der Waals surface area contributed by atoms with Crippen LogP contribution in [0.4, 0.5) is 13.2 Å². The highest BCUT2D eigenvalue weighted by molar-refractivity contribution is 8.00. The van der Waals surface area contributed by atoms with E-state index in [4.69, 9.17) is 10.2 Å². The van der Waals surface area contributed by atoms with Crippen LogP contribution < -0.4 is 5.32 Å². The summed E-state index contributed by atoms with van der Waals surface area (Å²) in [5.41, 5.74) is -0.346. The molecule has 1 saturated heterocycles.